The van der Waals surface area contributed by atoms with Crippen molar-refractivity contribution in [3.63, 3.8) is 0 Å². The van der Waals surface area contributed by atoms with Crippen LogP contribution in [-0.4, -0.2) is 36.3 Å². The Hall–Kier alpha value is -0.230. The molecule has 2 unspecified atom stereocenters. The third kappa shape index (κ3) is 3.32. The van der Waals surface area contributed by atoms with Gasteiger partial charge < -0.3 is 0 Å². The predicted molar refractivity (Wildman–Crippen MR) is 86.0 cm³/mol. The lowest BCUT2D eigenvalue weighted by Crippen LogP contribution is -2.43. The summed E-state index contributed by atoms with van der Waals surface area (Å²) in [6, 6.07) is 5.21. The van der Waals surface area contributed by atoms with E-state index in [4.69, 9.17) is 11.6 Å². The maximum Gasteiger partial charge on any atom is 0.243 e. The Morgan fingerprint density at radius 1 is 1.30 bits per heavy atom. The van der Waals surface area contributed by atoms with E-state index >= 15 is 0 Å². The van der Waals surface area contributed by atoms with Crippen LogP contribution in [0, 0.1) is 6.92 Å². The molecular weight excluding hydrogens is 314 g/mol. The van der Waals surface area contributed by atoms with Gasteiger partial charge in [0.2, 0.25) is 10.0 Å². The van der Waals surface area contributed by atoms with Crippen LogP contribution in [0.1, 0.15) is 25.0 Å². The number of rotatable bonds is 3. The highest BCUT2D eigenvalue weighted by Gasteiger charge is 2.32. The molecule has 1 aliphatic rings. The van der Waals surface area contributed by atoms with E-state index in [2.05, 4.69) is 13.8 Å². The second-order valence-corrected chi connectivity index (χ2v) is 9.39. The van der Waals surface area contributed by atoms with Gasteiger partial charge in [0.15, 0.2) is 0 Å². The fraction of sp³-hybridized carbons (Fsp3) is 0.571. The molecule has 1 saturated heterocycles. The Morgan fingerprint density at radius 3 is 2.45 bits per heavy atom. The molecule has 0 radical (unpaired) electrons. The van der Waals surface area contributed by atoms with Gasteiger partial charge in [-0.3, -0.25) is 0 Å². The number of hydrogen-bond acceptors (Lipinski definition) is 3. The Labute approximate surface area is 130 Å². The van der Waals surface area contributed by atoms with Gasteiger partial charge in [-0.25, -0.2) is 8.42 Å². The number of hydrogen-bond donors (Lipinski definition) is 0. The molecule has 6 heteroatoms. The Balaban J connectivity index is 2.34. The van der Waals surface area contributed by atoms with Gasteiger partial charge in [-0.15, -0.1) is 11.6 Å². The number of benzene rings is 1. The zero-order valence-corrected chi connectivity index (χ0v) is 14.4. The van der Waals surface area contributed by atoms with Crippen molar-refractivity contribution in [2.24, 2.45) is 0 Å². The normalized spacial score (nSPS) is 24.8. The summed E-state index contributed by atoms with van der Waals surface area (Å²) >= 11 is 7.71. The van der Waals surface area contributed by atoms with E-state index in [1.807, 2.05) is 24.8 Å². The fourth-order valence-corrected chi connectivity index (χ4v) is 5.90. The van der Waals surface area contributed by atoms with Crippen molar-refractivity contribution < 1.29 is 8.42 Å². The average Bonchev–Trinajstić information content (AvgIpc) is 2.37. The van der Waals surface area contributed by atoms with E-state index in [-0.39, 0.29) is 0 Å². The summed E-state index contributed by atoms with van der Waals surface area (Å²) < 4.78 is 27.1. The highest BCUT2D eigenvalue weighted by atomic mass is 35.5. The summed E-state index contributed by atoms with van der Waals surface area (Å²) in [5.74, 6) is 0.331. The second-order valence-electron chi connectivity index (χ2n) is 5.30. The van der Waals surface area contributed by atoms with Gasteiger partial charge in [0, 0.05) is 29.5 Å². The van der Waals surface area contributed by atoms with Crippen LogP contribution in [0.2, 0.25) is 0 Å². The van der Waals surface area contributed by atoms with Gasteiger partial charge in [0.1, 0.15) is 0 Å². The molecule has 1 heterocycles. The third-order valence-electron chi connectivity index (χ3n) is 3.49. The molecule has 2 atom stereocenters. The van der Waals surface area contributed by atoms with Crippen LogP contribution in [0.3, 0.4) is 0 Å². The molecule has 1 aromatic carbocycles. The zero-order valence-electron chi connectivity index (χ0n) is 12.0. The second kappa shape index (κ2) is 6.26. The van der Waals surface area contributed by atoms with Crippen molar-refractivity contribution in [2.75, 3.05) is 13.1 Å². The summed E-state index contributed by atoms with van der Waals surface area (Å²) in [4.78, 5) is 0.352. The van der Waals surface area contributed by atoms with Crippen molar-refractivity contribution in [3.05, 3.63) is 29.3 Å². The maximum absolute atomic E-state index is 12.7. The molecule has 20 heavy (non-hydrogen) atoms. The van der Waals surface area contributed by atoms with Gasteiger partial charge in [-0.05, 0) is 30.2 Å². The highest BCUT2D eigenvalue weighted by molar-refractivity contribution is 8.00. The molecule has 1 aromatic rings. The van der Waals surface area contributed by atoms with Gasteiger partial charge in [-0.1, -0.05) is 19.9 Å². The van der Waals surface area contributed by atoms with Gasteiger partial charge in [0.05, 0.1) is 4.90 Å². The van der Waals surface area contributed by atoms with E-state index in [9.17, 15) is 8.42 Å². The molecule has 0 aromatic heterocycles. The lowest BCUT2D eigenvalue weighted by atomic mass is 10.1. The number of nitrogens with zero attached hydrogens (tertiary/aromatic N) is 1. The summed E-state index contributed by atoms with van der Waals surface area (Å²) in [5, 5.41) is 0.651. The fourth-order valence-electron chi connectivity index (χ4n) is 2.43. The van der Waals surface area contributed by atoms with Gasteiger partial charge in [-0.2, -0.15) is 16.1 Å². The minimum absolute atomic E-state index is 0.325. The number of sulfonamides is 1. The first kappa shape index (κ1) is 16.1. The standard InChI is InChI=1S/C14H20ClNO2S2/c1-10-4-5-14(6-13(10)7-15)20(17,18)16-8-11(2)19-12(3)9-16/h4-6,11-12H,7-9H2,1-3H3. The Morgan fingerprint density at radius 2 is 1.90 bits per heavy atom. The monoisotopic (exact) mass is 333 g/mol. The summed E-state index contributed by atoms with van der Waals surface area (Å²) in [6.07, 6.45) is 0. The third-order valence-corrected chi connectivity index (χ3v) is 6.83. The molecule has 0 spiro atoms. The first-order valence-corrected chi connectivity index (χ1v) is 9.57. The maximum atomic E-state index is 12.7. The number of thioether (sulfide) groups is 1. The lowest BCUT2D eigenvalue weighted by molar-refractivity contribution is 0.405. The molecule has 1 aliphatic heterocycles. The highest BCUT2D eigenvalue weighted by Crippen LogP contribution is 2.29. The van der Waals surface area contributed by atoms with E-state index in [0.717, 1.165) is 11.1 Å². The number of aryl methyl sites for hydroxylation is 1. The summed E-state index contributed by atoms with van der Waals surface area (Å²) in [6.45, 7) is 7.23. The molecule has 0 amide bonds. The SMILES string of the molecule is Cc1ccc(S(=O)(=O)N2CC(C)SC(C)C2)cc1CCl. The molecule has 112 valence electrons. The Bertz CT molecular complexity index is 579. The van der Waals surface area contributed by atoms with Crippen molar-refractivity contribution in [1.29, 1.82) is 0 Å². The predicted octanol–water partition coefficient (Wildman–Crippen LogP) is 3.25. The van der Waals surface area contributed by atoms with Gasteiger partial charge >= 0.3 is 0 Å². The molecule has 0 N–H and O–H groups in total. The van der Waals surface area contributed by atoms with E-state index in [0.29, 0.717) is 34.4 Å². The van der Waals surface area contributed by atoms with Crippen LogP contribution in [0.25, 0.3) is 0 Å². The van der Waals surface area contributed by atoms with Crippen molar-refractivity contribution >= 4 is 33.4 Å². The van der Waals surface area contributed by atoms with Crippen LogP contribution in [-0.2, 0) is 15.9 Å². The minimum atomic E-state index is -3.42. The summed E-state index contributed by atoms with van der Waals surface area (Å²) in [5.41, 5.74) is 1.90. The quantitative estimate of drug-likeness (QED) is 0.797. The summed E-state index contributed by atoms with van der Waals surface area (Å²) in [7, 11) is -3.42. The lowest BCUT2D eigenvalue weighted by Gasteiger charge is -2.33. The molecular formula is C14H20ClNO2S2. The van der Waals surface area contributed by atoms with Crippen molar-refractivity contribution in [2.45, 2.75) is 42.0 Å². The largest absolute Gasteiger partial charge is 0.243 e. The van der Waals surface area contributed by atoms with Crippen LogP contribution in [0.4, 0.5) is 0 Å². The first-order valence-electron chi connectivity index (χ1n) is 6.65. The Kier molecular flexibility index (Phi) is 5.05. The van der Waals surface area contributed by atoms with Crippen LogP contribution in [0.15, 0.2) is 23.1 Å². The van der Waals surface area contributed by atoms with Crippen molar-refractivity contribution in [1.82, 2.24) is 4.31 Å². The van der Waals surface area contributed by atoms with Crippen LogP contribution >= 0.6 is 23.4 Å². The van der Waals surface area contributed by atoms with E-state index < -0.39 is 10.0 Å². The van der Waals surface area contributed by atoms with E-state index in [1.165, 1.54) is 0 Å². The zero-order chi connectivity index (χ0) is 14.9. The van der Waals surface area contributed by atoms with E-state index in [1.54, 1.807) is 16.4 Å². The average molecular weight is 334 g/mol. The molecule has 2 rings (SSSR count). The first-order chi connectivity index (χ1) is 9.34. The molecule has 0 bridgehead atoms. The van der Waals surface area contributed by atoms with Crippen molar-refractivity contribution in [3.8, 4) is 0 Å². The van der Waals surface area contributed by atoms with Crippen LogP contribution in [0.5, 0.6) is 0 Å². The molecule has 0 saturated carbocycles. The number of halogens is 1. The van der Waals surface area contributed by atoms with Crippen LogP contribution < -0.4 is 0 Å². The molecule has 3 nitrogen and oxygen atoms in total. The minimum Gasteiger partial charge on any atom is -0.207 e. The topological polar surface area (TPSA) is 37.4 Å². The molecule has 1 fully saturated rings. The van der Waals surface area contributed by atoms with Gasteiger partial charge in [0.25, 0.3) is 0 Å². The number of alkyl halides is 1. The molecule has 0 aliphatic carbocycles. The smallest absolute Gasteiger partial charge is 0.207 e.